The normalized spacial score (nSPS) is 15.7. The van der Waals surface area contributed by atoms with Crippen molar-refractivity contribution in [1.29, 1.82) is 0 Å². The lowest BCUT2D eigenvalue weighted by Gasteiger charge is -2.35. The molecule has 1 aromatic rings. The Kier molecular flexibility index (Phi) is 6.68. The lowest BCUT2D eigenvalue weighted by atomic mass is 9.90. The molecule has 2 amide bonds. The van der Waals surface area contributed by atoms with Crippen molar-refractivity contribution in [3.05, 3.63) is 24.3 Å². The fourth-order valence-electron chi connectivity index (χ4n) is 3.41. The first-order valence-electron chi connectivity index (χ1n) is 9.71. The molecule has 26 heavy (non-hydrogen) atoms. The second-order valence-corrected chi connectivity index (χ2v) is 8.02. The number of anilines is 2. The summed E-state index contributed by atoms with van der Waals surface area (Å²) in [6.07, 6.45) is 1.45. The van der Waals surface area contributed by atoms with Crippen LogP contribution >= 0.6 is 0 Å². The molecular formula is C21H33N3O2. The van der Waals surface area contributed by atoms with Gasteiger partial charge in [0.15, 0.2) is 0 Å². The van der Waals surface area contributed by atoms with E-state index < -0.39 is 0 Å². The lowest BCUT2D eigenvalue weighted by molar-refractivity contribution is -0.142. The topological polar surface area (TPSA) is 52.7 Å². The maximum Gasteiger partial charge on any atom is 0.227 e. The zero-order valence-corrected chi connectivity index (χ0v) is 16.8. The first kappa shape index (κ1) is 20.3. The third kappa shape index (κ3) is 4.99. The van der Waals surface area contributed by atoms with Gasteiger partial charge in [-0.3, -0.25) is 9.59 Å². The average Bonchev–Trinajstić information content (AvgIpc) is 2.63. The highest BCUT2D eigenvalue weighted by Crippen LogP contribution is 2.25. The van der Waals surface area contributed by atoms with E-state index >= 15 is 0 Å². The zero-order chi connectivity index (χ0) is 19.3. The number of piperidine rings is 1. The quantitative estimate of drug-likeness (QED) is 0.871. The van der Waals surface area contributed by atoms with Crippen LogP contribution in [-0.2, 0) is 9.59 Å². The molecule has 0 bridgehead atoms. The van der Waals surface area contributed by atoms with Gasteiger partial charge in [0.2, 0.25) is 11.8 Å². The minimum absolute atomic E-state index is 0.0264. The number of nitrogens with zero attached hydrogens (tertiary/aromatic N) is 2. The van der Waals surface area contributed by atoms with Crippen molar-refractivity contribution in [2.45, 2.75) is 47.5 Å². The number of amides is 2. The molecule has 1 heterocycles. The van der Waals surface area contributed by atoms with Gasteiger partial charge in [-0.1, -0.05) is 20.8 Å². The highest BCUT2D eigenvalue weighted by atomic mass is 16.2. The van der Waals surface area contributed by atoms with Crippen molar-refractivity contribution in [3.63, 3.8) is 0 Å². The Hall–Kier alpha value is -2.04. The Morgan fingerprint density at radius 2 is 1.62 bits per heavy atom. The van der Waals surface area contributed by atoms with Crippen LogP contribution in [0.15, 0.2) is 24.3 Å². The summed E-state index contributed by atoms with van der Waals surface area (Å²) in [6.45, 7) is 13.3. The van der Waals surface area contributed by atoms with Crippen molar-refractivity contribution in [2.75, 3.05) is 36.4 Å². The van der Waals surface area contributed by atoms with Crippen LogP contribution < -0.4 is 10.2 Å². The molecule has 1 fully saturated rings. The Morgan fingerprint density at radius 1 is 1.08 bits per heavy atom. The lowest BCUT2D eigenvalue weighted by Crippen LogP contribution is -2.45. The Bertz CT molecular complexity index is 607. The van der Waals surface area contributed by atoms with Crippen LogP contribution in [0.25, 0.3) is 0 Å². The molecule has 5 nitrogen and oxygen atoms in total. The zero-order valence-electron chi connectivity index (χ0n) is 16.8. The highest BCUT2D eigenvalue weighted by Gasteiger charge is 2.32. The van der Waals surface area contributed by atoms with Gasteiger partial charge in [-0.05, 0) is 51.0 Å². The molecule has 0 radical (unpaired) electrons. The number of likely N-dealkylation sites (tertiary alicyclic amines) is 1. The first-order chi connectivity index (χ1) is 12.3. The molecule has 0 unspecified atom stereocenters. The van der Waals surface area contributed by atoms with Crippen LogP contribution in [0.2, 0.25) is 0 Å². The highest BCUT2D eigenvalue weighted by molar-refractivity contribution is 5.93. The van der Waals surface area contributed by atoms with E-state index in [1.54, 1.807) is 0 Å². The van der Waals surface area contributed by atoms with Crippen LogP contribution in [0, 0.1) is 11.3 Å². The Labute approximate surface area is 157 Å². The van der Waals surface area contributed by atoms with Gasteiger partial charge in [0.1, 0.15) is 0 Å². The van der Waals surface area contributed by atoms with Crippen molar-refractivity contribution >= 4 is 23.2 Å². The van der Waals surface area contributed by atoms with Crippen LogP contribution in [0.4, 0.5) is 11.4 Å². The molecule has 144 valence electrons. The smallest absolute Gasteiger partial charge is 0.227 e. The second-order valence-electron chi connectivity index (χ2n) is 8.02. The summed E-state index contributed by atoms with van der Waals surface area (Å²) in [5.41, 5.74) is 1.64. The monoisotopic (exact) mass is 359 g/mol. The molecule has 1 aromatic carbocycles. The Morgan fingerprint density at radius 3 is 2.08 bits per heavy atom. The fourth-order valence-corrected chi connectivity index (χ4v) is 3.41. The molecule has 5 heteroatoms. The molecule has 0 spiro atoms. The fraction of sp³-hybridized carbons (Fsp3) is 0.619. The van der Waals surface area contributed by atoms with Crippen molar-refractivity contribution in [3.8, 4) is 0 Å². The number of rotatable bonds is 5. The minimum Gasteiger partial charge on any atom is -0.372 e. The van der Waals surface area contributed by atoms with Gasteiger partial charge < -0.3 is 15.1 Å². The summed E-state index contributed by atoms with van der Waals surface area (Å²) in [7, 11) is 0. The van der Waals surface area contributed by atoms with Crippen LogP contribution in [0.3, 0.4) is 0 Å². The number of hydrogen-bond acceptors (Lipinski definition) is 3. The predicted octanol–water partition coefficient (Wildman–Crippen LogP) is 3.76. The van der Waals surface area contributed by atoms with Crippen molar-refractivity contribution in [1.82, 2.24) is 4.90 Å². The van der Waals surface area contributed by atoms with Gasteiger partial charge in [-0.15, -0.1) is 0 Å². The van der Waals surface area contributed by atoms with Gasteiger partial charge in [0.05, 0.1) is 0 Å². The molecule has 0 aliphatic carbocycles. The van der Waals surface area contributed by atoms with Crippen molar-refractivity contribution < 1.29 is 9.59 Å². The molecular weight excluding hydrogens is 326 g/mol. The number of carbonyl (C=O) groups is 2. The molecule has 0 aromatic heterocycles. The largest absolute Gasteiger partial charge is 0.372 e. The van der Waals surface area contributed by atoms with Gasteiger partial charge in [0.25, 0.3) is 0 Å². The number of carbonyl (C=O) groups excluding carboxylic acids is 2. The van der Waals surface area contributed by atoms with E-state index in [2.05, 4.69) is 24.1 Å². The van der Waals surface area contributed by atoms with Crippen LogP contribution in [0.5, 0.6) is 0 Å². The van der Waals surface area contributed by atoms with E-state index in [-0.39, 0.29) is 23.1 Å². The summed E-state index contributed by atoms with van der Waals surface area (Å²) in [5.74, 6) is 0.202. The summed E-state index contributed by atoms with van der Waals surface area (Å²) in [5, 5.41) is 3.03. The minimum atomic E-state index is -0.359. The van der Waals surface area contributed by atoms with Crippen LogP contribution in [0.1, 0.15) is 47.5 Å². The molecule has 1 saturated heterocycles. The van der Waals surface area contributed by atoms with Gasteiger partial charge >= 0.3 is 0 Å². The number of nitrogens with one attached hydrogen (secondary N) is 1. The second kappa shape index (κ2) is 8.56. The summed E-state index contributed by atoms with van der Waals surface area (Å²) >= 11 is 0. The molecule has 1 aliphatic rings. The van der Waals surface area contributed by atoms with Crippen LogP contribution in [-0.4, -0.2) is 42.9 Å². The predicted molar refractivity (Wildman–Crippen MR) is 107 cm³/mol. The van der Waals surface area contributed by atoms with E-state index in [1.165, 1.54) is 5.69 Å². The summed E-state index contributed by atoms with van der Waals surface area (Å²) in [6, 6.07) is 8.02. The molecule has 1 aliphatic heterocycles. The Balaban J connectivity index is 1.88. The van der Waals surface area contributed by atoms with E-state index in [1.807, 2.05) is 49.9 Å². The molecule has 0 saturated carbocycles. The molecule has 0 atom stereocenters. The molecule has 1 N–H and O–H groups in total. The van der Waals surface area contributed by atoms with E-state index in [4.69, 9.17) is 0 Å². The number of benzene rings is 1. The molecule has 2 rings (SSSR count). The summed E-state index contributed by atoms with van der Waals surface area (Å²) < 4.78 is 0. The van der Waals surface area contributed by atoms with E-state index in [9.17, 15) is 9.59 Å². The SMILES string of the molecule is CCN(CC)c1ccc(NC(=O)C2CCN(C(=O)C(C)(C)C)CC2)cc1. The summed E-state index contributed by atoms with van der Waals surface area (Å²) in [4.78, 5) is 29.1. The maximum absolute atomic E-state index is 12.5. The number of hydrogen-bond donors (Lipinski definition) is 1. The standard InChI is InChI=1S/C21H33N3O2/c1-6-23(7-2)18-10-8-17(9-11-18)22-19(25)16-12-14-24(15-13-16)20(26)21(3,4)5/h8-11,16H,6-7,12-15H2,1-5H3,(H,22,25). The van der Waals surface area contributed by atoms with E-state index in [0.29, 0.717) is 13.1 Å². The third-order valence-electron chi connectivity index (χ3n) is 5.06. The third-order valence-corrected chi connectivity index (χ3v) is 5.06. The average molecular weight is 360 g/mol. The van der Waals surface area contributed by atoms with E-state index in [0.717, 1.165) is 31.6 Å². The maximum atomic E-state index is 12.5. The van der Waals surface area contributed by atoms with Gasteiger partial charge in [-0.25, -0.2) is 0 Å². The first-order valence-corrected chi connectivity index (χ1v) is 9.71. The van der Waals surface area contributed by atoms with Gasteiger partial charge in [0, 0.05) is 48.9 Å². The van der Waals surface area contributed by atoms with Gasteiger partial charge in [-0.2, -0.15) is 0 Å². The van der Waals surface area contributed by atoms with Crippen molar-refractivity contribution in [2.24, 2.45) is 11.3 Å².